The lowest BCUT2D eigenvalue weighted by Crippen LogP contribution is -2.55. The van der Waals surface area contributed by atoms with Crippen LogP contribution in [0, 0.1) is 0 Å². The molecule has 3 aromatic carbocycles. The zero-order valence-corrected chi connectivity index (χ0v) is 32.1. The van der Waals surface area contributed by atoms with Gasteiger partial charge in [-0.05, 0) is 66.7 Å². The standard InChI is InChI=1S/C42H57N3O4Si/c1-7-48-40(47)24-17-27-43-30-31-44(39(46)33-43)28-25-34-32-45(29-26-38(34)49-50(5,6)41(2,3)4)42(35-18-11-8-12-19-35,36-20-13-9-14-21-36)37-22-15-10-16-23-37/h8-16,18-23,25,38H,7,17,24,26-33H2,1-6H3/b34-25+. The van der Waals surface area contributed by atoms with E-state index < -0.39 is 13.9 Å². The van der Waals surface area contributed by atoms with Crippen molar-refractivity contribution < 1.29 is 18.8 Å². The third-order valence-electron chi connectivity index (χ3n) is 10.9. The predicted octanol–water partition coefficient (Wildman–Crippen LogP) is 7.49. The summed E-state index contributed by atoms with van der Waals surface area (Å²) in [6.45, 7) is 18.5. The Kier molecular flexibility index (Phi) is 12.5. The fraction of sp³-hybridized carbons (Fsp3) is 0.476. The SMILES string of the molecule is CCOC(=O)CCCN1CCN(C/C=C2\CN(C(c3ccccc3)(c3ccccc3)c3ccccc3)CCC2O[Si](C)(C)C(C)(C)C)C(=O)C1. The number of piperazine rings is 1. The highest BCUT2D eigenvalue weighted by Gasteiger charge is 2.46. The zero-order chi connectivity index (χ0) is 35.8. The molecule has 8 heteroatoms. The van der Waals surface area contributed by atoms with E-state index in [0.717, 1.165) is 32.6 Å². The molecular weight excluding hydrogens is 639 g/mol. The maximum atomic E-state index is 13.4. The Labute approximate surface area is 301 Å². The summed E-state index contributed by atoms with van der Waals surface area (Å²) in [4.78, 5) is 32.0. The fourth-order valence-electron chi connectivity index (χ4n) is 7.14. The second-order valence-corrected chi connectivity index (χ2v) is 19.9. The topological polar surface area (TPSA) is 62.3 Å². The highest BCUT2D eigenvalue weighted by Crippen LogP contribution is 2.46. The second kappa shape index (κ2) is 16.6. The van der Waals surface area contributed by atoms with E-state index in [2.05, 4.69) is 141 Å². The van der Waals surface area contributed by atoms with Crippen LogP contribution in [-0.4, -0.2) is 93.4 Å². The molecule has 0 spiro atoms. The Morgan fingerprint density at radius 3 is 1.90 bits per heavy atom. The van der Waals surface area contributed by atoms with Gasteiger partial charge in [-0.15, -0.1) is 0 Å². The number of carbonyl (C=O) groups excluding carboxylic acids is 2. The molecule has 2 aliphatic heterocycles. The first-order valence-electron chi connectivity index (χ1n) is 18.4. The lowest BCUT2D eigenvalue weighted by atomic mass is 9.74. The molecule has 0 aliphatic carbocycles. The molecular formula is C42H57N3O4Si. The number of piperidine rings is 1. The number of likely N-dealkylation sites (tertiary alicyclic amines) is 1. The summed E-state index contributed by atoms with van der Waals surface area (Å²) >= 11 is 0. The van der Waals surface area contributed by atoms with Gasteiger partial charge in [0, 0.05) is 39.1 Å². The van der Waals surface area contributed by atoms with Crippen LogP contribution in [0.1, 0.15) is 63.6 Å². The van der Waals surface area contributed by atoms with Crippen molar-refractivity contribution in [3.8, 4) is 0 Å². The molecule has 0 N–H and O–H groups in total. The summed E-state index contributed by atoms with van der Waals surface area (Å²) in [5.74, 6) is -0.0399. The number of hydrogen-bond acceptors (Lipinski definition) is 6. The van der Waals surface area contributed by atoms with Gasteiger partial charge in [-0.25, -0.2) is 0 Å². The number of ether oxygens (including phenoxy) is 1. The van der Waals surface area contributed by atoms with Crippen LogP contribution in [0.3, 0.4) is 0 Å². The van der Waals surface area contributed by atoms with E-state index in [9.17, 15) is 9.59 Å². The smallest absolute Gasteiger partial charge is 0.305 e. The van der Waals surface area contributed by atoms with Crippen molar-refractivity contribution in [1.29, 1.82) is 0 Å². The van der Waals surface area contributed by atoms with Gasteiger partial charge >= 0.3 is 5.97 Å². The number of esters is 1. The van der Waals surface area contributed by atoms with Crippen LogP contribution < -0.4 is 0 Å². The molecule has 2 fully saturated rings. The Bertz CT molecular complexity index is 1480. The quantitative estimate of drug-likeness (QED) is 0.0800. The zero-order valence-electron chi connectivity index (χ0n) is 31.1. The Hall–Kier alpha value is -3.56. The molecule has 7 nitrogen and oxygen atoms in total. The molecule has 50 heavy (non-hydrogen) atoms. The van der Waals surface area contributed by atoms with E-state index in [1.54, 1.807) is 0 Å². The first-order valence-corrected chi connectivity index (χ1v) is 21.3. The minimum Gasteiger partial charge on any atom is -0.466 e. The average Bonchev–Trinajstić information content (AvgIpc) is 3.10. The van der Waals surface area contributed by atoms with Crippen molar-refractivity contribution in [2.75, 3.05) is 52.4 Å². The van der Waals surface area contributed by atoms with Crippen LogP contribution in [0.5, 0.6) is 0 Å². The Balaban J connectivity index is 1.45. The lowest BCUT2D eigenvalue weighted by molar-refractivity contribution is -0.143. The minimum absolute atomic E-state index is 0.00794. The van der Waals surface area contributed by atoms with Crippen LogP contribution in [0.2, 0.25) is 18.1 Å². The molecule has 2 aliphatic rings. The van der Waals surface area contributed by atoms with Gasteiger partial charge in [0.15, 0.2) is 8.32 Å². The molecule has 1 unspecified atom stereocenters. The fourth-order valence-corrected chi connectivity index (χ4v) is 8.48. The summed E-state index contributed by atoms with van der Waals surface area (Å²) in [7, 11) is -2.09. The summed E-state index contributed by atoms with van der Waals surface area (Å²) in [6, 6.07) is 32.7. The first kappa shape index (κ1) is 37.7. The second-order valence-electron chi connectivity index (χ2n) is 15.2. The van der Waals surface area contributed by atoms with Crippen molar-refractivity contribution in [3.05, 3.63) is 119 Å². The van der Waals surface area contributed by atoms with Crippen molar-refractivity contribution in [1.82, 2.24) is 14.7 Å². The molecule has 2 saturated heterocycles. The molecule has 3 aromatic rings. The molecule has 5 rings (SSSR count). The molecule has 1 amide bonds. The van der Waals surface area contributed by atoms with Gasteiger partial charge in [0.2, 0.25) is 5.91 Å². The van der Waals surface area contributed by atoms with Crippen molar-refractivity contribution in [2.45, 2.75) is 76.7 Å². The predicted molar refractivity (Wildman–Crippen MR) is 204 cm³/mol. The highest BCUT2D eigenvalue weighted by atomic mass is 28.4. The van der Waals surface area contributed by atoms with Crippen molar-refractivity contribution >= 4 is 20.2 Å². The molecule has 2 heterocycles. The normalized spacial score (nSPS) is 19.2. The van der Waals surface area contributed by atoms with Crippen molar-refractivity contribution in [3.63, 3.8) is 0 Å². The van der Waals surface area contributed by atoms with E-state index in [4.69, 9.17) is 9.16 Å². The number of carbonyl (C=O) groups is 2. The van der Waals surface area contributed by atoms with Gasteiger partial charge in [0.25, 0.3) is 0 Å². The van der Waals surface area contributed by atoms with E-state index in [1.165, 1.54) is 22.3 Å². The number of rotatable bonds is 13. The van der Waals surface area contributed by atoms with Crippen LogP contribution in [0.4, 0.5) is 0 Å². The molecule has 1 atom stereocenters. The van der Waals surface area contributed by atoms with Gasteiger partial charge in [-0.2, -0.15) is 0 Å². The van der Waals surface area contributed by atoms with Gasteiger partial charge in [-0.3, -0.25) is 19.4 Å². The van der Waals surface area contributed by atoms with Crippen molar-refractivity contribution in [2.24, 2.45) is 0 Å². The minimum atomic E-state index is -2.09. The summed E-state index contributed by atoms with van der Waals surface area (Å²) in [6.07, 6.45) is 4.24. The maximum Gasteiger partial charge on any atom is 0.305 e. The number of benzene rings is 3. The maximum absolute atomic E-state index is 13.4. The van der Waals surface area contributed by atoms with Gasteiger partial charge < -0.3 is 14.1 Å². The van der Waals surface area contributed by atoms with E-state index >= 15 is 0 Å². The number of nitrogens with zero attached hydrogens (tertiary/aromatic N) is 3. The largest absolute Gasteiger partial charge is 0.466 e. The van der Waals surface area contributed by atoms with Gasteiger partial charge in [0.1, 0.15) is 0 Å². The number of amides is 1. The summed E-state index contributed by atoms with van der Waals surface area (Å²) < 4.78 is 12.3. The Morgan fingerprint density at radius 2 is 1.40 bits per heavy atom. The molecule has 0 radical (unpaired) electrons. The summed E-state index contributed by atoms with van der Waals surface area (Å²) in [5.41, 5.74) is 4.42. The number of hydrogen-bond donors (Lipinski definition) is 0. The van der Waals surface area contributed by atoms with Gasteiger partial charge in [0.05, 0.1) is 24.8 Å². The third-order valence-corrected chi connectivity index (χ3v) is 15.4. The molecule has 0 aromatic heterocycles. The van der Waals surface area contributed by atoms with Crippen LogP contribution in [0.15, 0.2) is 103 Å². The highest BCUT2D eigenvalue weighted by molar-refractivity contribution is 6.74. The molecule has 0 saturated carbocycles. The molecule has 0 bridgehead atoms. The third kappa shape index (κ3) is 8.65. The van der Waals surface area contributed by atoms with E-state index in [1.807, 2.05) is 11.8 Å². The van der Waals surface area contributed by atoms with Crippen LogP contribution in [-0.2, 0) is 24.3 Å². The van der Waals surface area contributed by atoms with E-state index in [0.29, 0.717) is 39.1 Å². The van der Waals surface area contributed by atoms with Crippen LogP contribution >= 0.6 is 0 Å². The monoisotopic (exact) mass is 695 g/mol. The van der Waals surface area contributed by atoms with Crippen LogP contribution in [0.25, 0.3) is 0 Å². The van der Waals surface area contributed by atoms with Gasteiger partial charge in [-0.1, -0.05) is 118 Å². The average molecular weight is 696 g/mol. The Morgan fingerprint density at radius 1 is 0.840 bits per heavy atom. The lowest BCUT2D eigenvalue weighted by Gasteiger charge is -2.50. The molecule has 268 valence electrons. The van der Waals surface area contributed by atoms with E-state index in [-0.39, 0.29) is 23.0 Å². The summed E-state index contributed by atoms with van der Waals surface area (Å²) in [5, 5.41) is 0.0800. The first-order chi connectivity index (χ1) is 24.0.